The summed E-state index contributed by atoms with van der Waals surface area (Å²) in [6.45, 7) is 1.58. The molecule has 0 aromatic heterocycles. The molecule has 0 bridgehead atoms. The van der Waals surface area contributed by atoms with Crippen molar-refractivity contribution >= 4 is 34.4 Å². The SMILES string of the molecule is CNC(=O)OCCC(C(=O)OC)N(C(=O)COC)c1c(C)ccc2ccccc12. The van der Waals surface area contributed by atoms with E-state index in [9.17, 15) is 14.4 Å². The van der Waals surface area contributed by atoms with Crippen molar-refractivity contribution in [1.29, 1.82) is 0 Å². The number of esters is 1. The lowest BCUT2D eigenvalue weighted by atomic mass is 10.0. The second-order valence-electron chi connectivity index (χ2n) is 6.36. The standard InChI is InChI=1S/C21H26N2O6/c1-14-9-10-15-7-5-6-8-16(15)19(14)23(18(24)13-27-3)17(20(25)28-4)11-12-29-21(26)22-2/h5-10,17H,11-13H2,1-4H3,(H,22,26). The molecular weight excluding hydrogens is 376 g/mol. The summed E-state index contributed by atoms with van der Waals surface area (Å²) in [6.07, 6.45) is -0.553. The van der Waals surface area contributed by atoms with Crippen molar-refractivity contribution in [2.75, 3.05) is 39.4 Å². The first-order valence-corrected chi connectivity index (χ1v) is 9.16. The van der Waals surface area contributed by atoms with Gasteiger partial charge in [0.05, 0.1) is 19.4 Å². The Morgan fingerprint density at radius 1 is 1.10 bits per heavy atom. The van der Waals surface area contributed by atoms with Crippen LogP contribution in [-0.2, 0) is 23.8 Å². The summed E-state index contributed by atoms with van der Waals surface area (Å²) in [5.41, 5.74) is 1.41. The van der Waals surface area contributed by atoms with Gasteiger partial charge in [-0.15, -0.1) is 0 Å². The Labute approximate surface area is 169 Å². The van der Waals surface area contributed by atoms with E-state index in [1.807, 2.05) is 43.3 Å². The molecule has 0 fully saturated rings. The van der Waals surface area contributed by atoms with Crippen LogP contribution < -0.4 is 10.2 Å². The maximum absolute atomic E-state index is 13.0. The molecule has 8 heteroatoms. The number of amides is 2. The molecule has 2 amide bonds. The largest absolute Gasteiger partial charge is 0.467 e. The number of methoxy groups -OCH3 is 2. The maximum Gasteiger partial charge on any atom is 0.406 e. The predicted octanol–water partition coefficient (Wildman–Crippen LogP) is 2.42. The van der Waals surface area contributed by atoms with E-state index in [4.69, 9.17) is 14.2 Å². The number of nitrogens with one attached hydrogen (secondary N) is 1. The number of rotatable bonds is 8. The van der Waals surface area contributed by atoms with Crippen LogP contribution >= 0.6 is 0 Å². The molecule has 0 aliphatic rings. The molecular formula is C21H26N2O6. The fourth-order valence-corrected chi connectivity index (χ4v) is 3.16. The number of benzene rings is 2. The van der Waals surface area contributed by atoms with Gasteiger partial charge in [-0.2, -0.15) is 0 Å². The highest BCUT2D eigenvalue weighted by Crippen LogP contribution is 2.33. The van der Waals surface area contributed by atoms with E-state index in [0.29, 0.717) is 5.69 Å². The minimum atomic E-state index is -0.989. The van der Waals surface area contributed by atoms with E-state index in [0.717, 1.165) is 16.3 Å². The first-order chi connectivity index (χ1) is 13.9. The minimum Gasteiger partial charge on any atom is -0.467 e. The van der Waals surface area contributed by atoms with Crippen LogP contribution in [0, 0.1) is 6.92 Å². The Morgan fingerprint density at radius 2 is 1.83 bits per heavy atom. The van der Waals surface area contributed by atoms with E-state index in [1.165, 1.54) is 26.2 Å². The second-order valence-corrected chi connectivity index (χ2v) is 6.36. The highest BCUT2D eigenvalue weighted by atomic mass is 16.5. The number of carbonyl (C=O) groups is 3. The van der Waals surface area contributed by atoms with Crippen LogP contribution in [0.3, 0.4) is 0 Å². The van der Waals surface area contributed by atoms with E-state index in [1.54, 1.807) is 0 Å². The smallest absolute Gasteiger partial charge is 0.406 e. The third-order valence-electron chi connectivity index (χ3n) is 4.49. The zero-order valence-electron chi connectivity index (χ0n) is 17.1. The van der Waals surface area contributed by atoms with E-state index in [2.05, 4.69) is 5.32 Å². The number of ether oxygens (including phenoxy) is 3. The highest BCUT2D eigenvalue weighted by molar-refractivity contribution is 6.08. The van der Waals surface area contributed by atoms with Crippen molar-refractivity contribution in [3.05, 3.63) is 42.0 Å². The Morgan fingerprint density at radius 3 is 2.48 bits per heavy atom. The summed E-state index contributed by atoms with van der Waals surface area (Å²) in [7, 11) is 4.10. The van der Waals surface area contributed by atoms with Gasteiger partial charge in [-0.05, 0) is 17.9 Å². The number of alkyl carbamates (subject to hydrolysis) is 1. The molecule has 2 rings (SSSR count). The van der Waals surface area contributed by atoms with E-state index >= 15 is 0 Å². The van der Waals surface area contributed by atoms with Crippen LogP contribution in [0.15, 0.2) is 36.4 Å². The summed E-state index contributed by atoms with van der Waals surface area (Å²) in [4.78, 5) is 38.4. The Hall–Kier alpha value is -3.13. The number of anilines is 1. The lowest BCUT2D eigenvalue weighted by molar-refractivity contribution is -0.144. The van der Waals surface area contributed by atoms with Gasteiger partial charge in [-0.3, -0.25) is 9.69 Å². The zero-order chi connectivity index (χ0) is 21.4. The Bertz CT molecular complexity index is 883. The summed E-state index contributed by atoms with van der Waals surface area (Å²) in [6, 6.07) is 10.4. The van der Waals surface area contributed by atoms with Crippen molar-refractivity contribution in [1.82, 2.24) is 5.32 Å². The van der Waals surface area contributed by atoms with E-state index < -0.39 is 24.0 Å². The molecule has 2 aromatic carbocycles. The normalized spacial score (nSPS) is 11.6. The molecule has 1 unspecified atom stereocenters. The number of fused-ring (bicyclic) bond motifs is 1. The Balaban J connectivity index is 2.55. The third kappa shape index (κ3) is 5.23. The van der Waals surface area contributed by atoms with Crippen LogP contribution in [0.1, 0.15) is 12.0 Å². The molecule has 29 heavy (non-hydrogen) atoms. The molecule has 0 radical (unpaired) electrons. The first kappa shape index (κ1) is 22.2. The molecule has 0 spiro atoms. The van der Waals surface area contributed by atoms with Gasteiger partial charge in [0.1, 0.15) is 12.6 Å². The number of aryl methyl sites for hydroxylation is 1. The van der Waals surface area contributed by atoms with Gasteiger partial charge in [0.15, 0.2) is 0 Å². The molecule has 0 saturated carbocycles. The van der Waals surface area contributed by atoms with Crippen LogP contribution in [0.2, 0.25) is 0 Å². The summed E-state index contributed by atoms with van der Waals surface area (Å²) >= 11 is 0. The van der Waals surface area contributed by atoms with Crippen LogP contribution in [0.25, 0.3) is 10.8 Å². The van der Waals surface area contributed by atoms with Gasteiger partial charge < -0.3 is 19.5 Å². The predicted molar refractivity (Wildman–Crippen MR) is 109 cm³/mol. The van der Waals surface area contributed by atoms with Crippen molar-refractivity contribution < 1.29 is 28.6 Å². The average molecular weight is 402 g/mol. The van der Waals surface area contributed by atoms with E-state index in [-0.39, 0.29) is 19.6 Å². The number of hydrogen-bond acceptors (Lipinski definition) is 6. The average Bonchev–Trinajstić information content (AvgIpc) is 2.73. The molecule has 1 atom stereocenters. The Kier molecular flexibility index (Phi) is 7.97. The third-order valence-corrected chi connectivity index (χ3v) is 4.49. The van der Waals surface area contributed by atoms with Crippen LogP contribution in [-0.4, -0.2) is 58.5 Å². The van der Waals surface area contributed by atoms with Crippen molar-refractivity contribution in [2.24, 2.45) is 0 Å². The molecule has 0 heterocycles. The molecule has 0 saturated heterocycles. The molecule has 0 aliphatic carbocycles. The molecule has 2 aromatic rings. The second kappa shape index (κ2) is 10.4. The molecule has 1 N–H and O–H groups in total. The number of carbonyl (C=O) groups excluding carboxylic acids is 3. The maximum atomic E-state index is 13.0. The quantitative estimate of drug-likeness (QED) is 0.682. The number of nitrogens with zero attached hydrogens (tertiary/aromatic N) is 1. The van der Waals surface area contributed by atoms with Gasteiger partial charge in [0.2, 0.25) is 0 Å². The summed E-state index contributed by atoms with van der Waals surface area (Å²) in [5.74, 6) is -1.01. The van der Waals surface area contributed by atoms with Gasteiger partial charge in [-0.1, -0.05) is 36.4 Å². The molecule has 0 aliphatic heterocycles. The zero-order valence-corrected chi connectivity index (χ0v) is 17.1. The van der Waals surface area contributed by atoms with Gasteiger partial charge in [0.25, 0.3) is 5.91 Å². The van der Waals surface area contributed by atoms with Gasteiger partial charge in [0, 0.05) is 26.0 Å². The lowest BCUT2D eigenvalue weighted by Crippen LogP contribution is -2.48. The fourth-order valence-electron chi connectivity index (χ4n) is 3.16. The van der Waals surface area contributed by atoms with Crippen LogP contribution in [0.5, 0.6) is 0 Å². The topological polar surface area (TPSA) is 94.2 Å². The van der Waals surface area contributed by atoms with Crippen LogP contribution in [0.4, 0.5) is 10.5 Å². The summed E-state index contributed by atoms with van der Waals surface area (Å²) < 4.78 is 15.0. The molecule has 156 valence electrons. The minimum absolute atomic E-state index is 0.0677. The van der Waals surface area contributed by atoms with Crippen molar-refractivity contribution in [3.8, 4) is 0 Å². The fraction of sp³-hybridized carbons (Fsp3) is 0.381. The summed E-state index contributed by atoms with van der Waals surface area (Å²) in [5, 5.41) is 4.08. The number of hydrogen-bond donors (Lipinski definition) is 1. The first-order valence-electron chi connectivity index (χ1n) is 9.16. The molecule has 8 nitrogen and oxygen atoms in total. The van der Waals surface area contributed by atoms with Crippen molar-refractivity contribution in [3.63, 3.8) is 0 Å². The van der Waals surface area contributed by atoms with Crippen molar-refractivity contribution in [2.45, 2.75) is 19.4 Å². The van der Waals surface area contributed by atoms with Gasteiger partial charge >= 0.3 is 12.1 Å². The highest BCUT2D eigenvalue weighted by Gasteiger charge is 2.34. The lowest BCUT2D eigenvalue weighted by Gasteiger charge is -2.32. The van der Waals surface area contributed by atoms with Gasteiger partial charge in [-0.25, -0.2) is 9.59 Å². The monoisotopic (exact) mass is 402 g/mol.